The molecule has 96 valence electrons. The lowest BCUT2D eigenvalue weighted by molar-refractivity contribution is -0.384. The first-order chi connectivity index (χ1) is 7.80. The van der Waals surface area contributed by atoms with Crippen molar-refractivity contribution in [2.24, 2.45) is 0 Å². The van der Waals surface area contributed by atoms with E-state index in [0.717, 1.165) is 10.4 Å². The van der Waals surface area contributed by atoms with Crippen molar-refractivity contribution in [3.8, 4) is 0 Å². The van der Waals surface area contributed by atoms with Gasteiger partial charge >= 0.3 is 0 Å². The molecule has 0 aliphatic carbocycles. The van der Waals surface area contributed by atoms with Gasteiger partial charge in [0.2, 0.25) is 0 Å². The molecule has 0 atom stereocenters. The second kappa shape index (κ2) is 5.61. The van der Waals surface area contributed by atoms with E-state index in [1.54, 1.807) is 0 Å². The summed E-state index contributed by atoms with van der Waals surface area (Å²) in [6.45, 7) is 0.269. The molecule has 0 fully saturated rings. The van der Waals surface area contributed by atoms with E-state index in [2.05, 4.69) is 15.9 Å². The van der Waals surface area contributed by atoms with Crippen molar-refractivity contribution in [3.63, 3.8) is 0 Å². The van der Waals surface area contributed by atoms with E-state index in [-0.39, 0.29) is 20.8 Å². The van der Waals surface area contributed by atoms with Crippen LogP contribution >= 0.6 is 38.9 Å². The maximum Gasteiger partial charge on any atom is 0.300 e. The summed E-state index contributed by atoms with van der Waals surface area (Å²) in [5, 5.41) is 11.0. The lowest BCUT2D eigenvalue weighted by atomic mass is 10.6. The summed E-state index contributed by atoms with van der Waals surface area (Å²) in [5.74, 6) is 0. The van der Waals surface area contributed by atoms with Gasteiger partial charge in [-0.15, -0.1) is 11.3 Å². The molecule has 0 N–H and O–H groups in total. The monoisotopic (exact) mass is 362 g/mol. The smallest absolute Gasteiger partial charge is 0.258 e. The summed E-state index contributed by atoms with van der Waals surface area (Å²) in [4.78, 5) is 9.86. The Hall–Kier alpha value is -0.220. The summed E-state index contributed by atoms with van der Waals surface area (Å²) in [7, 11) is -2.30. The van der Waals surface area contributed by atoms with Gasteiger partial charge in [-0.3, -0.25) is 10.1 Å². The van der Waals surface area contributed by atoms with Crippen LogP contribution in [0, 0.1) is 10.1 Å². The van der Waals surface area contributed by atoms with E-state index in [0.29, 0.717) is 16.7 Å². The third kappa shape index (κ3) is 3.16. The Morgan fingerprint density at radius 1 is 1.65 bits per heavy atom. The lowest BCUT2D eigenvalue weighted by Gasteiger charge is -2.13. The largest absolute Gasteiger partial charge is 0.300 e. The van der Waals surface area contributed by atoms with E-state index in [4.69, 9.17) is 11.6 Å². The average Bonchev–Trinajstić information content (AvgIpc) is 2.61. The van der Waals surface area contributed by atoms with Crippen molar-refractivity contribution in [2.75, 3.05) is 18.9 Å². The van der Waals surface area contributed by atoms with E-state index in [1.807, 2.05) is 0 Å². The van der Waals surface area contributed by atoms with Crippen LogP contribution in [0.25, 0.3) is 0 Å². The summed E-state index contributed by atoms with van der Waals surface area (Å²) >= 11 is 9.42. The number of sulfonamides is 1. The van der Waals surface area contributed by atoms with Crippen LogP contribution in [-0.4, -0.2) is 36.6 Å². The minimum atomic E-state index is -3.70. The molecule has 1 heterocycles. The molecule has 0 spiro atoms. The topological polar surface area (TPSA) is 80.5 Å². The molecule has 0 aliphatic rings. The van der Waals surface area contributed by atoms with Crippen molar-refractivity contribution < 1.29 is 13.3 Å². The highest BCUT2D eigenvalue weighted by Gasteiger charge is 2.28. The molecule has 0 radical (unpaired) electrons. The van der Waals surface area contributed by atoms with E-state index < -0.39 is 14.9 Å². The average molecular weight is 364 g/mol. The van der Waals surface area contributed by atoms with Crippen molar-refractivity contribution in [1.29, 1.82) is 0 Å². The van der Waals surface area contributed by atoms with Gasteiger partial charge in [-0.05, 0) is 0 Å². The number of rotatable bonds is 5. The van der Waals surface area contributed by atoms with E-state index in [9.17, 15) is 18.5 Å². The number of halogens is 2. The molecule has 0 aromatic carbocycles. The van der Waals surface area contributed by atoms with Gasteiger partial charge in [0.05, 0.1) is 4.92 Å². The molecule has 1 aromatic heterocycles. The summed E-state index contributed by atoms with van der Waals surface area (Å²) in [5.41, 5.74) is -0.387. The highest BCUT2D eigenvalue weighted by Crippen LogP contribution is 2.37. The van der Waals surface area contributed by atoms with Crippen LogP contribution in [-0.2, 0) is 10.0 Å². The molecule has 17 heavy (non-hydrogen) atoms. The maximum absolute atomic E-state index is 11.9. The van der Waals surface area contributed by atoms with Gasteiger partial charge in [0.25, 0.3) is 15.7 Å². The fraction of sp³-hybridized carbons (Fsp3) is 0.429. The fourth-order valence-electron chi connectivity index (χ4n) is 0.983. The number of thiophene rings is 1. The Bertz CT molecular complexity index is 530. The van der Waals surface area contributed by atoms with Crippen LogP contribution in [0.3, 0.4) is 0 Å². The number of nitrogens with zero attached hydrogens (tertiary/aromatic N) is 2. The van der Waals surface area contributed by atoms with Crippen molar-refractivity contribution in [3.05, 3.63) is 20.5 Å². The van der Waals surface area contributed by atoms with Gasteiger partial charge in [-0.2, -0.15) is 4.31 Å². The molecule has 0 amide bonds. The first kappa shape index (κ1) is 14.8. The van der Waals surface area contributed by atoms with Gasteiger partial charge < -0.3 is 0 Å². The van der Waals surface area contributed by atoms with Crippen LogP contribution in [0.5, 0.6) is 0 Å². The molecule has 0 bridgehead atoms. The quantitative estimate of drug-likeness (QED) is 0.457. The van der Waals surface area contributed by atoms with Gasteiger partial charge in [-0.25, -0.2) is 8.42 Å². The van der Waals surface area contributed by atoms with E-state index >= 15 is 0 Å². The molecule has 1 rings (SSSR count). The summed E-state index contributed by atoms with van der Waals surface area (Å²) in [6, 6.07) is 0.979. The maximum atomic E-state index is 11.9. The number of alkyl halides is 1. The van der Waals surface area contributed by atoms with Gasteiger partial charge in [0.15, 0.2) is 4.34 Å². The molecule has 0 saturated heterocycles. The van der Waals surface area contributed by atoms with Crippen LogP contribution in [0.2, 0.25) is 4.34 Å². The predicted octanol–water partition coefficient (Wildman–Crippen LogP) is 2.33. The minimum Gasteiger partial charge on any atom is -0.258 e. The Labute approximate surface area is 116 Å². The summed E-state index contributed by atoms with van der Waals surface area (Å²) < 4.78 is 24.7. The van der Waals surface area contributed by atoms with Gasteiger partial charge in [0.1, 0.15) is 4.21 Å². The van der Waals surface area contributed by atoms with Crippen LogP contribution < -0.4 is 0 Å². The zero-order valence-electron chi connectivity index (χ0n) is 8.59. The van der Waals surface area contributed by atoms with Crippen molar-refractivity contribution in [1.82, 2.24) is 4.31 Å². The zero-order valence-corrected chi connectivity index (χ0v) is 12.6. The van der Waals surface area contributed by atoms with Crippen LogP contribution in [0.15, 0.2) is 10.3 Å². The molecule has 0 unspecified atom stereocenters. The predicted molar refractivity (Wildman–Crippen MR) is 69.6 cm³/mol. The number of hydrogen-bond donors (Lipinski definition) is 0. The lowest BCUT2D eigenvalue weighted by Crippen LogP contribution is -2.27. The second-order valence-corrected chi connectivity index (χ2v) is 7.72. The molecule has 0 saturated carbocycles. The zero-order chi connectivity index (χ0) is 13.2. The van der Waals surface area contributed by atoms with Crippen LogP contribution in [0.1, 0.15) is 0 Å². The molecular formula is C7H8BrClN2O4S2. The normalized spacial score (nSPS) is 12.0. The minimum absolute atomic E-state index is 0.127. The standard InChI is InChI=1S/C7H8BrClN2O4S2/c1-10(3-2-8)17(14,15)6-4-5(11(12)13)7(9)16-6/h4H,2-3H2,1H3. The Morgan fingerprint density at radius 3 is 2.65 bits per heavy atom. The molecule has 0 aliphatic heterocycles. The Kier molecular flexibility index (Phi) is 4.90. The highest BCUT2D eigenvalue weighted by molar-refractivity contribution is 9.09. The number of nitro groups is 1. The first-order valence-electron chi connectivity index (χ1n) is 4.26. The first-order valence-corrected chi connectivity index (χ1v) is 8.02. The highest BCUT2D eigenvalue weighted by atomic mass is 79.9. The third-order valence-electron chi connectivity index (χ3n) is 1.91. The number of hydrogen-bond acceptors (Lipinski definition) is 5. The fourth-order valence-corrected chi connectivity index (χ4v) is 4.80. The second-order valence-electron chi connectivity index (χ2n) is 3.00. The van der Waals surface area contributed by atoms with Gasteiger partial charge in [0, 0.05) is 25.0 Å². The van der Waals surface area contributed by atoms with Gasteiger partial charge in [-0.1, -0.05) is 27.5 Å². The van der Waals surface area contributed by atoms with Crippen LogP contribution in [0.4, 0.5) is 5.69 Å². The van der Waals surface area contributed by atoms with E-state index in [1.165, 1.54) is 7.05 Å². The van der Waals surface area contributed by atoms with Crippen molar-refractivity contribution in [2.45, 2.75) is 4.21 Å². The van der Waals surface area contributed by atoms with Crippen molar-refractivity contribution >= 4 is 54.6 Å². The third-order valence-corrected chi connectivity index (χ3v) is 5.91. The molecule has 10 heteroatoms. The molecule has 1 aromatic rings. The Balaban J connectivity index is 3.17. The Morgan fingerprint density at radius 2 is 2.24 bits per heavy atom. The molecule has 6 nitrogen and oxygen atoms in total. The molecular weight excluding hydrogens is 356 g/mol. The summed E-state index contributed by atoms with van der Waals surface area (Å²) in [6.07, 6.45) is 0. The SMILES string of the molecule is CN(CCBr)S(=O)(=O)c1cc([N+](=O)[O-])c(Cl)s1.